The molecule has 3 aromatic heterocycles. The van der Waals surface area contributed by atoms with Crippen molar-refractivity contribution < 1.29 is 24.1 Å². The van der Waals surface area contributed by atoms with Crippen molar-refractivity contribution in [3.05, 3.63) is 77.0 Å². The average molecular weight is 576 g/mol. The third-order valence-electron chi connectivity index (χ3n) is 6.92. The number of likely N-dealkylation sites (tertiary alicyclic amines) is 1. The van der Waals surface area contributed by atoms with Gasteiger partial charge in [0.05, 0.1) is 18.5 Å². The second-order valence-electron chi connectivity index (χ2n) is 10.4. The molecule has 1 aliphatic rings. The van der Waals surface area contributed by atoms with Crippen molar-refractivity contribution in [3.63, 3.8) is 0 Å². The van der Waals surface area contributed by atoms with Crippen LogP contribution < -0.4 is 14.2 Å². The molecule has 1 saturated heterocycles. The molecule has 4 aromatic rings. The zero-order valence-corrected chi connectivity index (χ0v) is 24.1. The van der Waals surface area contributed by atoms with Crippen LogP contribution in [-0.2, 0) is 0 Å². The van der Waals surface area contributed by atoms with Gasteiger partial charge in [0.1, 0.15) is 17.3 Å². The summed E-state index contributed by atoms with van der Waals surface area (Å²) in [5.74, 6) is 3.19. The predicted octanol–water partition coefficient (Wildman–Crippen LogP) is 6.54. The Morgan fingerprint density at radius 3 is 2.34 bits per heavy atom. The van der Waals surface area contributed by atoms with Crippen LogP contribution in [0.2, 0.25) is 0 Å². The number of hydrogen-bond acceptors (Lipinski definition) is 8. The van der Waals surface area contributed by atoms with Gasteiger partial charge in [-0.1, -0.05) is 19.9 Å². The van der Waals surface area contributed by atoms with Gasteiger partial charge in [0.15, 0.2) is 10.5 Å². The molecule has 0 radical (unpaired) electrons. The topological polar surface area (TPSA) is 115 Å². The Labute approximate surface area is 243 Å². The van der Waals surface area contributed by atoms with Crippen molar-refractivity contribution in [2.24, 2.45) is 5.92 Å². The first-order valence-corrected chi connectivity index (χ1v) is 14.0. The number of H-pyrrole nitrogens is 1. The normalized spacial score (nSPS) is 13.8. The number of rotatable bonds is 8. The maximum Gasteiger partial charge on any atom is 0.415 e. The zero-order chi connectivity index (χ0) is 28.9. The summed E-state index contributed by atoms with van der Waals surface area (Å²) in [5.41, 5.74) is 1.72. The van der Waals surface area contributed by atoms with Crippen molar-refractivity contribution in [2.75, 3.05) is 19.7 Å². The highest BCUT2D eigenvalue weighted by molar-refractivity contribution is 7.71. The van der Waals surface area contributed by atoms with E-state index in [2.05, 4.69) is 15.0 Å². The van der Waals surface area contributed by atoms with E-state index in [0.29, 0.717) is 59.3 Å². The quantitative estimate of drug-likeness (QED) is 0.228. The van der Waals surface area contributed by atoms with Crippen molar-refractivity contribution in [1.29, 1.82) is 0 Å². The molecule has 5 rings (SSSR count). The monoisotopic (exact) mass is 575 g/mol. The molecule has 214 valence electrons. The summed E-state index contributed by atoms with van der Waals surface area (Å²) < 4.78 is 19.1. The fourth-order valence-electron chi connectivity index (χ4n) is 4.52. The highest BCUT2D eigenvalue weighted by Crippen LogP contribution is 2.28. The molecule has 0 atom stereocenters. The lowest BCUT2D eigenvalue weighted by Crippen LogP contribution is -2.41. The molecule has 1 aliphatic heterocycles. The van der Waals surface area contributed by atoms with Crippen LogP contribution >= 0.6 is 12.2 Å². The Hall–Kier alpha value is -4.38. The van der Waals surface area contributed by atoms with E-state index in [9.17, 15) is 9.90 Å². The molecule has 1 fully saturated rings. The molecule has 0 aliphatic carbocycles. The minimum Gasteiger partial charge on any atom is -0.493 e. The van der Waals surface area contributed by atoms with Gasteiger partial charge in [-0.05, 0) is 85.8 Å². The second-order valence-corrected chi connectivity index (χ2v) is 10.8. The number of carbonyl (C=O) groups is 1. The lowest BCUT2D eigenvalue weighted by molar-refractivity contribution is 0.117. The van der Waals surface area contributed by atoms with Crippen molar-refractivity contribution in [3.8, 4) is 34.8 Å². The van der Waals surface area contributed by atoms with Crippen LogP contribution in [0.4, 0.5) is 4.79 Å². The molecule has 2 N–H and O–H groups in total. The van der Waals surface area contributed by atoms with Gasteiger partial charge in [-0.2, -0.15) is 0 Å². The molecule has 0 saturated carbocycles. The Morgan fingerprint density at radius 1 is 1.02 bits per heavy atom. The molecule has 10 nitrogen and oxygen atoms in total. The summed E-state index contributed by atoms with van der Waals surface area (Å²) >= 11 is 5.34. The summed E-state index contributed by atoms with van der Waals surface area (Å²) in [4.78, 5) is 26.0. The number of hydrogen-bond donors (Lipinski definition) is 2. The number of pyridine rings is 2. The molecule has 4 heterocycles. The van der Waals surface area contributed by atoms with Crippen molar-refractivity contribution in [1.82, 2.24) is 24.4 Å². The van der Waals surface area contributed by atoms with Gasteiger partial charge in [-0.3, -0.25) is 0 Å². The van der Waals surface area contributed by atoms with Gasteiger partial charge < -0.3 is 29.2 Å². The number of imidazole rings is 1. The summed E-state index contributed by atoms with van der Waals surface area (Å²) in [5, 5.41) is 10.5. The van der Waals surface area contributed by atoms with Gasteiger partial charge >= 0.3 is 6.09 Å². The third kappa shape index (κ3) is 6.86. The summed E-state index contributed by atoms with van der Waals surface area (Å²) in [6.45, 7) is 7.63. The van der Waals surface area contributed by atoms with E-state index in [1.807, 2.05) is 57.2 Å². The van der Waals surface area contributed by atoms with Crippen LogP contribution in [-0.4, -0.2) is 55.3 Å². The Balaban J connectivity index is 1.07. The van der Waals surface area contributed by atoms with Crippen LogP contribution in [0.5, 0.6) is 29.0 Å². The number of aromatic amines is 1. The average Bonchev–Trinajstić information content (AvgIpc) is 3.28. The number of nitrogens with one attached hydrogen (secondary N) is 1. The molecule has 11 heteroatoms. The lowest BCUT2D eigenvalue weighted by Gasteiger charge is -2.31. The first-order chi connectivity index (χ1) is 19.8. The summed E-state index contributed by atoms with van der Waals surface area (Å²) in [6.07, 6.45) is 4.43. The van der Waals surface area contributed by atoms with Gasteiger partial charge in [0.25, 0.3) is 0 Å². The first kappa shape index (κ1) is 28.2. The van der Waals surface area contributed by atoms with Crippen LogP contribution in [0.25, 0.3) is 5.82 Å². The van der Waals surface area contributed by atoms with E-state index in [1.54, 1.807) is 23.2 Å². The van der Waals surface area contributed by atoms with Crippen LogP contribution in [0.15, 0.2) is 60.9 Å². The van der Waals surface area contributed by atoms with Gasteiger partial charge in [0, 0.05) is 25.4 Å². The third-order valence-corrected chi connectivity index (χ3v) is 7.20. The number of ether oxygens (including phenoxy) is 3. The predicted molar refractivity (Wildman–Crippen MR) is 156 cm³/mol. The highest BCUT2D eigenvalue weighted by Gasteiger charge is 2.25. The van der Waals surface area contributed by atoms with E-state index in [0.717, 1.165) is 24.2 Å². The van der Waals surface area contributed by atoms with E-state index < -0.39 is 6.09 Å². The molecule has 1 amide bonds. The summed E-state index contributed by atoms with van der Waals surface area (Å²) in [6, 6.07) is 14.6. The molecule has 41 heavy (non-hydrogen) atoms. The molecule has 1 aromatic carbocycles. The fraction of sp³-hybridized carbons (Fsp3) is 0.333. The van der Waals surface area contributed by atoms with E-state index in [4.69, 9.17) is 26.4 Å². The number of aryl methyl sites for hydroxylation is 1. The van der Waals surface area contributed by atoms with Crippen molar-refractivity contribution >= 4 is 18.3 Å². The summed E-state index contributed by atoms with van der Waals surface area (Å²) in [7, 11) is 0. The number of benzene rings is 1. The minimum atomic E-state index is -0.416. The molecule has 0 bridgehead atoms. The standard InChI is InChI=1S/C30H33N5O5S/c1-19(2)27-28(36)35(29(41)33-27)25-10-9-24(17-31-25)40-30(37)34-14-12-21(13-15-34)18-38-22-5-7-23(8-6-22)39-26-11-4-20(3)16-32-26/h4-11,16-17,19,21,36H,12-15,18H2,1-3H3,(H,33,41). The van der Waals surface area contributed by atoms with Crippen LogP contribution in [0, 0.1) is 17.6 Å². The maximum atomic E-state index is 12.7. The lowest BCUT2D eigenvalue weighted by atomic mass is 9.98. The largest absolute Gasteiger partial charge is 0.493 e. The van der Waals surface area contributed by atoms with Crippen molar-refractivity contribution in [2.45, 2.75) is 39.5 Å². The number of carbonyl (C=O) groups excluding carboxylic acids is 1. The van der Waals surface area contributed by atoms with Crippen LogP contribution in [0.3, 0.4) is 0 Å². The maximum absolute atomic E-state index is 12.7. The molecular weight excluding hydrogens is 542 g/mol. The smallest absolute Gasteiger partial charge is 0.415 e. The van der Waals surface area contributed by atoms with Crippen LogP contribution in [0.1, 0.15) is 43.9 Å². The minimum absolute atomic E-state index is 0.0239. The number of aromatic nitrogens is 4. The van der Waals surface area contributed by atoms with E-state index in [-0.39, 0.29) is 11.8 Å². The van der Waals surface area contributed by atoms with E-state index in [1.165, 1.54) is 10.8 Å². The Kier molecular flexibility index (Phi) is 8.53. The number of aromatic hydroxyl groups is 1. The first-order valence-electron chi connectivity index (χ1n) is 13.6. The van der Waals surface area contributed by atoms with E-state index >= 15 is 0 Å². The number of piperidine rings is 1. The molecule has 0 spiro atoms. The highest BCUT2D eigenvalue weighted by atomic mass is 32.1. The molecule has 0 unspecified atom stereocenters. The number of amides is 1. The SMILES string of the molecule is Cc1ccc(Oc2ccc(OCC3CCN(C(=O)Oc4ccc(-n5c(O)c(C(C)C)[nH]c5=S)nc4)CC3)cc2)nc1. The Bertz CT molecular complexity index is 1520. The van der Waals surface area contributed by atoms with Gasteiger partial charge in [-0.15, -0.1) is 0 Å². The zero-order valence-electron chi connectivity index (χ0n) is 23.2. The van der Waals surface area contributed by atoms with Gasteiger partial charge in [-0.25, -0.2) is 19.3 Å². The molecular formula is C30H33N5O5S. The van der Waals surface area contributed by atoms with Gasteiger partial charge in [0.2, 0.25) is 11.8 Å². The second kappa shape index (κ2) is 12.4. The fourth-order valence-corrected chi connectivity index (χ4v) is 4.81. The number of nitrogens with zero attached hydrogens (tertiary/aromatic N) is 4. The Morgan fingerprint density at radius 2 is 1.73 bits per heavy atom.